The predicted octanol–water partition coefficient (Wildman–Crippen LogP) is 0.177. The molecule has 0 atom stereocenters. The molecular formula is C12H14N2O5. The van der Waals surface area contributed by atoms with E-state index in [2.05, 4.69) is 0 Å². The van der Waals surface area contributed by atoms with Crippen molar-refractivity contribution in [3.63, 3.8) is 0 Å². The molecule has 1 aromatic rings. The minimum absolute atomic E-state index is 0.0394. The standard InChI is InChI=1S/C12H14N2O5/c1-18-5-4-14-9-6-8(12(16)13-17)2-3-10(9)19-7-11(14)15/h2-3,6,17H,4-5,7H2,1H3,(H,13,16). The molecular weight excluding hydrogens is 252 g/mol. The molecule has 7 heteroatoms. The van der Waals surface area contributed by atoms with Crippen LogP contribution in [-0.2, 0) is 9.53 Å². The monoisotopic (exact) mass is 266 g/mol. The highest BCUT2D eigenvalue weighted by atomic mass is 16.5. The molecule has 1 aliphatic rings. The summed E-state index contributed by atoms with van der Waals surface area (Å²) in [6.07, 6.45) is 0. The van der Waals surface area contributed by atoms with Gasteiger partial charge in [-0.2, -0.15) is 0 Å². The van der Waals surface area contributed by atoms with Crippen molar-refractivity contribution in [2.45, 2.75) is 0 Å². The van der Waals surface area contributed by atoms with E-state index < -0.39 is 5.91 Å². The lowest BCUT2D eigenvalue weighted by molar-refractivity contribution is -0.121. The molecule has 1 heterocycles. The van der Waals surface area contributed by atoms with Gasteiger partial charge in [-0.15, -0.1) is 0 Å². The molecule has 1 aliphatic heterocycles. The first kappa shape index (κ1) is 13.3. The van der Waals surface area contributed by atoms with Crippen LogP contribution in [-0.4, -0.2) is 43.9 Å². The summed E-state index contributed by atoms with van der Waals surface area (Å²) >= 11 is 0. The van der Waals surface area contributed by atoms with Crippen LogP contribution in [0.1, 0.15) is 10.4 Å². The Hall–Kier alpha value is -2.12. The van der Waals surface area contributed by atoms with Crippen LogP contribution in [0.3, 0.4) is 0 Å². The molecule has 7 nitrogen and oxygen atoms in total. The van der Waals surface area contributed by atoms with Crippen molar-refractivity contribution in [2.24, 2.45) is 0 Å². The highest BCUT2D eigenvalue weighted by Gasteiger charge is 2.26. The van der Waals surface area contributed by atoms with E-state index in [-0.39, 0.29) is 18.1 Å². The second-order valence-corrected chi connectivity index (χ2v) is 3.95. The molecule has 0 aliphatic carbocycles. The van der Waals surface area contributed by atoms with E-state index in [1.165, 1.54) is 17.0 Å². The number of hydroxylamine groups is 1. The number of nitrogens with zero attached hydrogens (tertiary/aromatic N) is 1. The highest BCUT2D eigenvalue weighted by Crippen LogP contribution is 2.32. The van der Waals surface area contributed by atoms with Crippen LogP contribution in [0.15, 0.2) is 18.2 Å². The Balaban J connectivity index is 2.35. The fourth-order valence-corrected chi connectivity index (χ4v) is 1.84. The number of rotatable bonds is 4. The van der Waals surface area contributed by atoms with Crippen molar-refractivity contribution in [1.29, 1.82) is 0 Å². The maximum atomic E-state index is 11.8. The first-order chi connectivity index (χ1) is 9.17. The average Bonchev–Trinajstić information content (AvgIpc) is 2.45. The second-order valence-electron chi connectivity index (χ2n) is 3.95. The molecule has 2 amide bonds. The number of nitrogens with one attached hydrogen (secondary N) is 1. The SMILES string of the molecule is COCCN1C(=O)COc2ccc(C(=O)NO)cc21. The number of hydrogen-bond donors (Lipinski definition) is 2. The molecule has 0 radical (unpaired) electrons. The zero-order chi connectivity index (χ0) is 13.8. The van der Waals surface area contributed by atoms with Crippen LogP contribution in [0, 0.1) is 0 Å². The average molecular weight is 266 g/mol. The van der Waals surface area contributed by atoms with Gasteiger partial charge in [-0.25, -0.2) is 5.48 Å². The number of carbonyl (C=O) groups is 2. The van der Waals surface area contributed by atoms with Gasteiger partial charge in [0.15, 0.2) is 6.61 Å². The molecule has 1 aromatic carbocycles. The Kier molecular flexibility index (Phi) is 3.98. The summed E-state index contributed by atoms with van der Waals surface area (Å²) in [5, 5.41) is 8.62. The van der Waals surface area contributed by atoms with Crippen LogP contribution >= 0.6 is 0 Å². The fourth-order valence-electron chi connectivity index (χ4n) is 1.84. The van der Waals surface area contributed by atoms with Crippen LogP contribution in [0.2, 0.25) is 0 Å². The van der Waals surface area contributed by atoms with Gasteiger partial charge in [0, 0.05) is 19.2 Å². The Labute approximate surface area is 109 Å². The van der Waals surface area contributed by atoms with Crippen molar-refractivity contribution in [2.75, 3.05) is 31.8 Å². The summed E-state index contributed by atoms with van der Waals surface area (Å²) in [6.45, 7) is 0.708. The number of anilines is 1. The zero-order valence-electron chi connectivity index (χ0n) is 10.4. The lowest BCUT2D eigenvalue weighted by Crippen LogP contribution is -2.40. The van der Waals surface area contributed by atoms with E-state index in [4.69, 9.17) is 14.7 Å². The van der Waals surface area contributed by atoms with Crippen molar-refractivity contribution < 1.29 is 24.3 Å². The molecule has 0 saturated carbocycles. The molecule has 102 valence electrons. The van der Waals surface area contributed by atoms with E-state index in [0.29, 0.717) is 24.6 Å². The van der Waals surface area contributed by atoms with E-state index in [1.807, 2.05) is 0 Å². The van der Waals surface area contributed by atoms with Gasteiger partial charge >= 0.3 is 0 Å². The largest absolute Gasteiger partial charge is 0.482 e. The van der Waals surface area contributed by atoms with Gasteiger partial charge in [0.05, 0.1) is 12.3 Å². The third kappa shape index (κ3) is 2.67. The molecule has 0 fully saturated rings. The summed E-state index contributed by atoms with van der Waals surface area (Å²) in [5.41, 5.74) is 2.28. The van der Waals surface area contributed by atoms with E-state index >= 15 is 0 Å². The van der Waals surface area contributed by atoms with Crippen LogP contribution in [0.4, 0.5) is 5.69 Å². The predicted molar refractivity (Wildman–Crippen MR) is 65.4 cm³/mol. The van der Waals surface area contributed by atoms with Crippen molar-refractivity contribution >= 4 is 17.5 Å². The molecule has 2 N–H and O–H groups in total. The van der Waals surface area contributed by atoms with Gasteiger partial charge in [-0.3, -0.25) is 14.8 Å². The maximum Gasteiger partial charge on any atom is 0.274 e. The van der Waals surface area contributed by atoms with Gasteiger partial charge in [-0.1, -0.05) is 0 Å². The highest BCUT2D eigenvalue weighted by molar-refractivity contribution is 6.01. The summed E-state index contributed by atoms with van der Waals surface area (Å²) in [4.78, 5) is 24.7. The number of carbonyl (C=O) groups excluding carboxylic acids is 2. The Morgan fingerprint density at radius 1 is 1.58 bits per heavy atom. The molecule has 0 spiro atoms. The van der Waals surface area contributed by atoms with Crippen LogP contribution in [0.5, 0.6) is 5.75 Å². The fraction of sp³-hybridized carbons (Fsp3) is 0.333. The molecule has 0 aromatic heterocycles. The summed E-state index contributed by atoms with van der Waals surface area (Å²) in [7, 11) is 1.54. The summed E-state index contributed by atoms with van der Waals surface area (Å²) < 4.78 is 10.2. The van der Waals surface area contributed by atoms with E-state index in [1.54, 1.807) is 18.7 Å². The van der Waals surface area contributed by atoms with Gasteiger partial charge in [0.1, 0.15) is 5.75 Å². The molecule has 0 unspecified atom stereocenters. The number of methoxy groups -OCH3 is 1. The number of benzene rings is 1. The second kappa shape index (κ2) is 5.68. The number of fused-ring (bicyclic) bond motifs is 1. The normalized spacial score (nSPS) is 13.8. The topological polar surface area (TPSA) is 88.1 Å². The first-order valence-corrected chi connectivity index (χ1v) is 5.68. The number of amides is 2. The van der Waals surface area contributed by atoms with Gasteiger partial charge in [0.2, 0.25) is 0 Å². The molecule has 2 rings (SSSR count). The molecule has 0 bridgehead atoms. The van der Waals surface area contributed by atoms with E-state index in [9.17, 15) is 9.59 Å². The minimum atomic E-state index is -0.646. The quantitative estimate of drug-likeness (QED) is 0.599. The van der Waals surface area contributed by atoms with Crippen LogP contribution in [0.25, 0.3) is 0 Å². The van der Waals surface area contributed by atoms with Crippen molar-refractivity contribution in [3.05, 3.63) is 23.8 Å². The zero-order valence-corrected chi connectivity index (χ0v) is 10.4. The number of ether oxygens (including phenoxy) is 2. The lowest BCUT2D eigenvalue weighted by Gasteiger charge is -2.29. The smallest absolute Gasteiger partial charge is 0.274 e. The Morgan fingerprint density at radius 3 is 3.05 bits per heavy atom. The summed E-state index contributed by atoms with van der Waals surface area (Å²) in [6, 6.07) is 4.59. The third-order valence-corrected chi connectivity index (χ3v) is 2.78. The van der Waals surface area contributed by atoms with Crippen LogP contribution < -0.4 is 15.1 Å². The van der Waals surface area contributed by atoms with E-state index in [0.717, 1.165) is 0 Å². The lowest BCUT2D eigenvalue weighted by atomic mass is 10.1. The Morgan fingerprint density at radius 2 is 2.37 bits per heavy atom. The maximum absolute atomic E-state index is 11.8. The Bertz CT molecular complexity index is 503. The minimum Gasteiger partial charge on any atom is -0.482 e. The van der Waals surface area contributed by atoms with Gasteiger partial charge in [0.25, 0.3) is 11.8 Å². The molecule has 0 saturated heterocycles. The molecule has 19 heavy (non-hydrogen) atoms. The first-order valence-electron chi connectivity index (χ1n) is 5.68. The van der Waals surface area contributed by atoms with Gasteiger partial charge < -0.3 is 14.4 Å². The third-order valence-electron chi connectivity index (χ3n) is 2.78. The van der Waals surface area contributed by atoms with Gasteiger partial charge in [-0.05, 0) is 18.2 Å². The number of hydrogen-bond acceptors (Lipinski definition) is 5. The van der Waals surface area contributed by atoms with Crippen molar-refractivity contribution in [1.82, 2.24) is 5.48 Å². The summed E-state index contributed by atoms with van der Waals surface area (Å²) in [5.74, 6) is -0.330. The van der Waals surface area contributed by atoms with Crippen molar-refractivity contribution in [3.8, 4) is 5.75 Å².